The van der Waals surface area contributed by atoms with Crippen LogP contribution in [0.15, 0.2) is 89.3 Å². The zero-order valence-electron chi connectivity index (χ0n) is 21.3. The van der Waals surface area contributed by atoms with E-state index in [1.807, 2.05) is 31.2 Å². The molecule has 1 aliphatic carbocycles. The summed E-state index contributed by atoms with van der Waals surface area (Å²) in [6.45, 7) is 1.99. The van der Waals surface area contributed by atoms with Gasteiger partial charge in [-0.3, -0.25) is 0 Å². The number of pyridine rings is 1. The maximum atomic E-state index is 6.09. The van der Waals surface area contributed by atoms with E-state index >= 15 is 0 Å². The van der Waals surface area contributed by atoms with Crippen molar-refractivity contribution in [2.75, 3.05) is 0 Å². The van der Waals surface area contributed by atoms with E-state index in [1.54, 1.807) is 0 Å². The van der Waals surface area contributed by atoms with Gasteiger partial charge in [-0.05, 0) is 86.5 Å². The Balaban J connectivity index is 1.27. The Labute approximate surface area is 226 Å². The lowest BCUT2D eigenvalue weighted by Crippen LogP contribution is -2.13. The summed E-state index contributed by atoms with van der Waals surface area (Å²) in [4.78, 5) is 10.1. The van der Waals surface area contributed by atoms with Gasteiger partial charge in [0.2, 0.25) is 0 Å². The molecule has 1 fully saturated rings. The maximum absolute atomic E-state index is 6.09. The normalized spacial score (nSPS) is 14.5. The summed E-state index contributed by atoms with van der Waals surface area (Å²) in [5.41, 5.74) is 7.29. The molecule has 0 bridgehead atoms. The van der Waals surface area contributed by atoms with E-state index in [9.17, 15) is 0 Å². The molecule has 1 aliphatic rings. The maximum Gasteiger partial charge on any atom is 0.141 e. The lowest BCUT2D eigenvalue weighted by Gasteiger charge is -2.25. The van der Waals surface area contributed by atoms with Crippen molar-refractivity contribution in [3.63, 3.8) is 0 Å². The zero-order chi connectivity index (χ0) is 25.6. The molecule has 188 valence electrons. The Morgan fingerprint density at radius 3 is 2.42 bits per heavy atom. The first-order valence-electron chi connectivity index (χ1n) is 13.4. The van der Waals surface area contributed by atoms with E-state index < -0.39 is 0 Å². The molecule has 6 aromatic rings. The van der Waals surface area contributed by atoms with Crippen LogP contribution in [0.2, 0.25) is 5.02 Å². The molecular formula is C33H28ClN3O. The molecule has 0 atom stereocenters. The van der Waals surface area contributed by atoms with Gasteiger partial charge in [0, 0.05) is 33.1 Å². The molecule has 3 heterocycles. The Morgan fingerprint density at radius 2 is 1.58 bits per heavy atom. The monoisotopic (exact) mass is 517 g/mol. The van der Waals surface area contributed by atoms with E-state index in [4.69, 9.17) is 26.0 Å². The Hall–Kier alpha value is -3.89. The average Bonchev–Trinajstić information content (AvgIpc) is 3.54. The van der Waals surface area contributed by atoms with Crippen LogP contribution in [0.25, 0.3) is 55.9 Å². The lowest BCUT2D eigenvalue weighted by molar-refractivity contribution is 0.362. The van der Waals surface area contributed by atoms with Crippen LogP contribution in [-0.4, -0.2) is 14.5 Å². The third kappa shape index (κ3) is 4.10. The SMILES string of the molecule is Cc1oc(-c2ccc(Cl)cc2)cc1-c1ccc2cc(-c3nc4ccccc4n3C3CCCCC3)ccc2n1. The Morgan fingerprint density at radius 1 is 0.789 bits per heavy atom. The summed E-state index contributed by atoms with van der Waals surface area (Å²) in [5, 5.41) is 1.81. The van der Waals surface area contributed by atoms with Gasteiger partial charge in [0.05, 0.1) is 22.2 Å². The fourth-order valence-corrected chi connectivity index (χ4v) is 5.99. The number of fused-ring (bicyclic) bond motifs is 2. The van der Waals surface area contributed by atoms with Gasteiger partial charge in [0.1, 0.15) is 17.3 Å². The number of halogens is 1. The van der Waals surface area contributed by atoms with Crippen LogP contribution in [0, 0.1) is 6.92 Å². The number of hydrogen-bond acceptors (Lipinski definition) is 3. The molecule has 0 amide bonds. The van der Waals surface area contributed by atoms with Crippen molar-refractivity contribution in [2.24, 2.45) is 0 Å². The Kier molecular flexibility index (Phi) is 5.78. The van der Waals surface area contributed by atoms with E-state index in [0.717, 1.165) is 56.1 Å². The predicted octanol–water partition coefficient (Wildman–Crippen LogP) is 9.65. The van der Waals surface area contributed by atoms with Gasteiger partial charge in [-0.2, -0.15) is 0 Å². The number of benzene rings is 3. The number of furan rings is 1. The first-order chi connectivity index (χ1) is 18.6. The molecule has 0 spiro atoms. The van der Waals surface area contributed by atoms with E-state index in [2.05, 4.69) is 65.2 Å². The number of rotatable bonds is 4. The third-order valence-corrected chi connectivity index (χ3v) is 8.06. The largest absolute Gasteiger partial charge is 0.461 e. The fourth-order valence-electron chi connectivity index (χ4n) is 5.86. The standard InChI is InChI=1S/C33H28ClN3O/c1-21-27(20-32(38-21)22-11-15-25(34)16-12-22)29-18-13-23-19-24(14-17-28(23)35-29)33-36-30-9-5-6-10-31(30)37(33)26-7-3-2-4-8-26/h5-6,9-20,26H,2-4,7-8H2,1H3. The van der Waals surface area contributed by atoms with Crippen molar-refractivity contribution >= 4 is 33.5 Å². The molecule has 0 N–H and O–H groups in total. The van der Waals surface area contributed by atoms with Crippen molar-refractivity contribution in [3.8, 4) is 34.0 Å². The van der Waals surface area contributed by atoms with Crippen molar-refractivity contribution in [2.45, 2.75) is 45.1 Å². The highest BCUT2D eigenvalue weighted by Crippen LogP contribution is 2.37. The van der Waals surface area contributed by atoms with Crippen LogP contribution in [0.3, 0.4) is 0 Å². The molecule has 0 aliphatic heterocycles. The highest BCUT2D eigenvalue weighted by Gasteiger charge is 2.22. The molecule has 7 rings (SSSR count). The van der Waals surface area contributed by atoms with Gasteiger partial charge in [0.15, 0.2) is 0 Å². The minimum Gasteiger partial charge on any atom is -0.461 e. The first-order valence-corrected chi connectivity index (χ1v) is 13.8. The number of para-hydroxylation sites is 2. The second kappa shape index (κ2) is 9.45. The molecule has 0 unspecified atom stereocenters. The van der Waals surface area contributed by atoms with Crippen molar-refractivity contribution in [1.29, 1.82) is 0 Å². The number of imidazole rings is 1. The molecule has 4 nitrogen and oxygen atoms in total. The van der Waals surface area contributed by atoms with Gasteiger partial charge in [-0.15, -0.1) is 0 Å². The topological polar surface area (TPSA) is 43.9 Å². The Bertz CT molecular complexity index is 1770. The summed E-state index contributed by atoms with van der Waals surface area (Å²) in [5.74, 6) is 2.72. The first kappa shape index (κ1) is 23.2. The number of hydrogen-bond donors (Lipinski definition) is 0. The van der Waals surface area contributed by atoms with Gasteiger partial charge < -0.3 is 8.98 Å². The molecule has 3 aromatic heterocycles. The van der Waals surface area contributed by atoms with E-state index in [1.165, 1.54) is 37.6 Å². The number of nitrogens with zero attached hydrogens (tertiary/aromatic N) is 3. The van der Waals surface area contributed by atoms with Gasteiger partial charge in [0.25, 0.3) is 0 Å². The van der Waals surface area contributed by atoms with Crippen LogP contribution in [-0.2, 0) is 0 Å². The van der Waals surface area contributed by atoms with Crippen molar-refractivity contribution in [1.82, 2.24) is 14.5 Å². The van der Waals surface area contributed by atoms with Crippen molar-refractivity contribution < 1.29 is 4.42 Å². The van der Waals surface area contributed by atoms with E-state index in [-0.39, 0.29) is 0 Å². The minimum absolute atomic E-state index is 0.501. The molecule has 0 saturated heterocycles. The van der Waals surface area contributed by atoms with Gasteiger partial charge in [-0.1, -0.05) is 49.1 Å². The third-order valence-electron chi connectivity index (χ3n) is 7.81. The molecule has 3 aromatic carbocycles. The second-order valence-corrected chi connectivity index (χ2v) is 10.7. The summed E-state index contributed by atoms with van der Waals surface area (Å²) in [7, 11) is 0. The highest BCUT2D eigenvalue weighted by atomic mass is 35.5. The number of aryl methyl sites for hydroxylation is 1. The van der Waals surface area contributed by atoms with Crippen LogP contribution in [0.5, 0.6) is 0 Å². The molecule has 5 heteroatoms. The van der Waals surface area contributed by atoms with Crippen LogP contribution in [0.1, 0.15) is 43.9 Å². The quantitative estimate of drug-likeness (QED) is 0.234. The molecule has 1 saturated carbocycles. The van der Waals surface area contributed by atoms with Gasteiger partial charge in [-0.25, -0.2) is 9.97 Å². The zero-order valence-corrected chi connectivity index (χ0v) is 22.1. The van der Waals surface area contributed by atoms with E-state index in [0.29, 0.717) is 11.1 Å². The minimum atomic E-state index is 0.501. The lowest BCUT2D eigenvalue weighted by atomic mass is 9.94. The number of aromatic nitrogens is 3. The van der Waals surface area contributed by atoms with Gasteiger partial charge >= 0.3 is 0 Å². The molecule has 38 heavy (non-hydrogen) atoms. The summed E-state index contributed by atoms with van der Waals surface area (Å²) in [6.07, 6.45) is 6.34. The summed E-state index contributed by atoms with van der Waals surface area (Å²) < 4.78 is 8.58. The average molecular weight is 518 g/mol. The van der Waals surface area contributed by atoms with Crippen LogP contribution in [0.4, 0.5) is 0 Å². The summed E-state index contributed by atoms with van der Waals surface area (Å²) >= 11 is 6.06. The molecular weight excluding hydrogens is 490 g/mol. The highest BCUT2D eigenvalue weighted by molar-refractivity contribution is 6.30. The summed E-state index contributed by atoms with van der Waals surface area (Å²) in [6, 6.07) is 29.5. The fraction of sp³-hybridized carbons (Fsp3) is 0.212. The van der Waals surface area contributed by atoms with Crippen LogP contribution >= 0.6 is 11.6 Å². The van der Waals surface area contributed by atoms with Crippen molar-refractivity contribution in [3.05, 3.63) is 95.7 Å². The smallest absolute Gasteiger partial charge is 0.141 e. The predicted molar refractivity (Wildman–Crippen MR) is 155 cm³/mol. The second-order valence-electron chi connectivity index (χ2n) is 10.3. The van der Waals surface area contributed by atoms with Crippen LogP contribution < -0.4 is 0 Å². The molecule has 0 radical (unpaired) electrons.